The molecule has 0 bridgehead atoms. The molecule has 2 N–H and O–H groups in total. The summed E-state index contributed by atoms with van der Waals surface area (Å²) < 4.78 is 10.6. The van der Waals surface area contributed by atoms with Gasteiger partial charge in [0.05, 0.1) is 24.5 Å². The first-order valence-corrected chi connectivity index (χ1v) is 5.17. The third-order valence-corrected chi connectivity index (χ3v) is 2.61. The molecule has 0 aliphatic carbocycles. The molecule has 0 unspecified atom stereocenters. The van der Waals surface area contributed by atoms with Crippen LogP contribution in [0.1, 0.15) is 22.9 Å². The second-order valence-corrected chi connectivity index (χ2v) is 3.65. The number of aromatic nitrogens is 2. The molecule has 0 aromatic carbocycles. The van der Waals surface area contributed by atoms with Crippen LogP contribution in [0.15, 0.2) is 21.6 Å². The fourth-order valence-corrected chi connectivity index (χ4v) is 1.75. The molecule has 0 saturated heterocycles. The van der Waals surface area contributed by atoms with Crippen LogP contribution in [0.5, 0.6) is 0 Å². The Morgan fingerprint density at radius 1 is 0.812 bits per heavy atom. The van der Waals surface area contributed by atoms with Gasteiger partial charge in [-0.1, -0.05) is 0 Å². The summed E-state index contributed by atoms with van der Waals surface area (Å²) in [7, 11) is 0. The standard InChI is InChI=1S/C10H12N4O2/c1-7-9(15-5-13-7)4-12-2-8-10(3-11-1)16-6-14-8/h5-6,11-12H,1-4H2. The van der Waals surface area contributed by atoms with Crippen LogP contribution in [0, 0.1) is 0 Å². The number of hydrogen-bond donors (Lipinski definition) is 2. The number of hydrogen-bond acceptors (Lipinski definition) is 6. The van der Waals surface area contributed by atoms with Crippen molar-refractivity contribution in [2.75, 3.05) is 0 Å². The number of oxazole rings is 2. The van der Waals surface area contributed by atoms with E-state index in [0.29, 0.717) is 26.2 Å². The molecule has 0 amide bonds. The van der Waals surface area contributed by atoms with Crippen LogP contribution in [-0.2, 0) is 26.2 Å². The summed E-state index contributed by atoms with van der Waals surface area (Å²) in [5.74, 6) is 1.75. The molecule has 0 saturated carbocycles. The van der Waals surface area contributed by atoms with Gasteiger partial charge in [0.1, 0.15) is 11.5 Å². The second kappa shape index (κ2) is 4.07. The van der Waals surface area contributed by atoms with Crippen LogP contribution >= 0.6 is 0 Å². The van der Waals surface area contributed by atoms with Gasteiger partial charge in [-0.15, -0.1) is 0 Å². The van der Waals surface area contributed by atoms with E-state index in [1.165, 1.54) is 12.8 Å². The highest BCUT2D eigenvalue weighted by Gasteiger charge is 2.13. The van der Waals surface area contributed by atoms with Gasteiger partial charge in [0.2, 0.25) is 0 Å². The van der Waals surface area contributed by atoms with E-state index in [-0.39, 0.29) is 0 Å². The predicted molar refractivity (Wildman–Crippen MR) is 54.1 cm³/mol. The Morgan fingerprint density at radius 3 is 1.81 bits per heavy atom. The average molecular weight is 220 g/mol. The largest absolute Gasteiger partial charge is 0.447 e. The number of nitrogens with one attached hydrogen (secondary N) is 2. The highest BCUT2D eigenvalue weighted by atomic mass is 16.3. The Labute approximate surface area is 92.1 Å². The normalized spacial score (nSPS) is 16.5. The minimum atomic E-state index is 0.656. The van der Waals surface area contributed by atoms with E-state index in [1.807, 2.05) is 0 Å². The number of rotatable bonds is 0. The zero-order chi connectivity index (χ0) is 10.8. The zero-order valence-corrected chi connectivity index (χ0v) is 8.69. The quantitative estimate of drug-likeness (QED) is 0.675. The third kappa shape index (κ3) is 1.72. The molecule has 2 aromatic rings. The summed E-state index contributed by atoms with van der Waals surface area (Å²) in [6.45, 7) is 2.66. The van der Waals surface area contributed by atoms with Crippen molar-refractivity contribution in [3.05, 3.63) is 35.7 Å². The van der Waals surface area contributed by atoms with Crippen molar-refractivity contribution < 1.29 is 8.83 Å². The second-order valence-electron chi connectivity index (χ2n) is 3.65. The van der Waals surface area contributed by atoms with Crippen molar-refractivity contribution in [3.63, 3.8) is 0 Å². The van der Waals surface area contributed by atoms with Gasteiger partial charge < -0.3 is 19.5 Å². The summed E-state index contributed by atoms with van der Waals surface area (Å²) in [5.41, 5.74) is 1.88. The average Bonchev–Trinajstić information content (AvgIpc) is 2.89. The molecule has 3 rings (SSSR count). The van der Waals surface area contributed by atoms with Crippen molar-refractivity contribution in [2.45, 2.75) is 26.2 Å². The Balaban J connectivity index is 1.82. The summed E-state index contributed by atoms with van der Waals surface area (Å²) in [6.07, 6.45) is 2.95. The molecule has 1 aliphatic heterocycles. The monoisotopic (exact) mass is 220 g/mol. The molecular weight excluding hydrogens is 208 g/mol. The Hall–Kier alpha value is -1.66. The third-order valence-electron chi connectivity index (χ3n) is 2.61. The molecule has 6 heteroatoms. The molecule has 84 valence electrons. The molecule has 0 spiro atoms. The van der Waals surface area contributed by atoms with Crippen molar-refractivity contribution in [3.8, 4) is 0 Å². The predicted octanol–water partition coefficient (Wildman–Crippen LogP) is 0.556. The summed E-state index contributed by atoms with van der Waals surface area (Å²) >= 11 is 0. The first-order valence-electron chi connectivity index (χ1n) is 5.17. The van der Waals surface area contributed by atoms with E-state index < -0.39 is 0 Å². The molecule has 6 nitrogen and oxygen atoms in total. The topological polar surface area (TPSA) is 76.1 Å². The molecule has 0 radical (unpaired) electrons. The maximum Gasteiger partial charge on any atom is 0.181 e. The minimum absolute atomic E-state index is 0.656. The lowest BCUT2D eigenvalue weighted by atomic mass is 10.2. The molecule has 0 fully saturated rings. The first kappa shape index (κ1) is 9.56. The fourth-order valence-electron chi connectivity index (χ4n) is 1.75. The highest BCUT2D eigenvalue weighted by molar-refractivity contribution is 5.11. The first-order chi connectivity index (χ1) is 7.93. The van der Waals surface area contributed by atoms with E-state index in [1.54, 1.807) is 0 Å². The van der Waals surface area contributed by atoms with Crippen LogP contribution < -0.4 is 10.6 Å². The molecule has 1 aliphatic rings. The van der Waals surface area contributed by atoms with Crippen LogP contribution in [0.25, 0.3) is 0 Å². The van der Waals surface area contributed by atoms with Gasteiger partial charge in [-0.2, -0.15) is 0 Å². The molecule has 2 aromatic heterocycles. The van der Waals surface area contributed by atoms with Crippen LogP contribution in [0.3, 0.4) is 0 Å². The number of fused-ring (bicyclic) bond motifs is 2. The van der Waals surface area contributed by atoms with Crippen molar-refractivity contribution in [1.82, 2.24) is 20.6 Å². The highest BCUT2D eigenvalue weighted by Crippen LogP contribution is 2.11. The lowest BCUT2D eigenvalue weighted by Gasteiger charge is -2.08. The fraction of sp³-hybridized carbons (Fsp3) is 0.400. The van der Waals surface area contributed by atoms with Crippen molar-refractivity contribution >= 4 is 0 Å². The van der Waals surface area contributed by atoms with Gasteiger partial charge >= 0.3 is 0 Å². The molecule has 3 heterocycles. The number of nitrogens with zero attached hydrogens (tertiary/aromatic N) is 2. The minimum Gasteiger partial charge on any atom is -0.447 e. The molecule has 0 atom stereocenters. The Morgan fingerprint density at radius 2 is 1.31 bits per heavy atom. The van der Waals surface area contributed by atoms with E-state index in [2.05, 4.69) is 20.6 Å². The van der Waals surface area contributed by atoms with Crippen molar-refractivity contribution in [1.29, 1.82) is 0 Å². The van der Waals surface area contributed by atoms with E-state index in [0.717, 1.165) is 22.9 Å². The van der Waals surface area contributed by atoms with Gasteiger partial charge in [-0.3, -0.25) is 0 Å². The maximum atomic E-state index is 5.30. The molecule has 16 heavy (non-hydrogen) atoms. The van der Waals surface area contributed by atoms with Crippen molar-refractivity contribution in [2.24, 2.45) is 0 Å². The maximum absolute atomic E-state index is 5.30. The van der Waals surface area contributed by atoms with Gasteiger partial charge in [0, 0.05) is 13.1 Å². The lowest BCUT2D eigenvalue weighted by molar-refractivity contribution is 0.450. The van der Waals surface area contributed by atoms with Gasteiger partial charge in [0.15, 0.2) is 12.8 Å². The van der Waals surface area contributed by atoms with Gasteiger partial charge in [-0.25, -0.2) is 9.97 Å². The van der Waals surface area contributed by atoms with Crippen LogP contribution in [-0.4, -0.2) is 9.97 Å². The van der Waals surface area contributed by atoms with Crippen LogP contribution in [0.2, 0.25) is 0 Å². The summed E-state index contributed by atoms with van der Waals surface area (Å²) in [6, 6.07) is 0. The zero-order valence-electron chi connectivity index (χ0n) is 8.69. The van der Waals surface area contributed by atoms with E-state index in [9.17, 15) is 0 Å². The van der Waals surface area contributed by atoms with Crippen LogP contribution in [0.4, 0.5) is 0 Å². The van der Waals surface area contributed by atoms with Gasteiger partial charge in [-0.05, 0) is 0 Å². The smallest absolute Gasteiger partial charge is 0.181 e. The van der Waals surface area contributed by atoms with E-state index in [4.69, 9.17) is 8.83 Å². The molecular formula is C10H12N4O2. The summed E-state index contributed by atoms with van der Waals surface area (Å²) in [5, 5.41) is 6.51. The van der Waals surface area contributed by atoms with Gasteiger partial charge in [0.25, 0.3) is 0 Å². The SMILES string of the molecule is c1nc2c(o1)CNCc1ncoc1CNC2. The Bertz CT molecular complexity index is 395. The summed E-state index contributed by atoms with van der Waals surface area (Å²) in [4.78, 5) is 8.32. The Kier molecular flexibility index (Phi) is 2.43. The van der Waals surface area contributed by atoms with E-state index >= 15 is 0 Å². The lowest BCUT2D eigenvalue weighted by Crippen LogP contribution is -2.21.